The minimum atomic E-state index is -0.458. The molecular formula is C14H21N3O3. The Morgan fingerprint density at radius 3 is 3.05 bits per heavy atom. The van der Waals surface area contributed by atoms with Crippen LogP contribution in [-0.2, 0) is 4.74 Å². The number of carbonyl (C=O) groups is 1. The first kappa shape index (κ1) is 14.6. The van der Waals surface area contributed by atoms with Crippen LogP contribution >= 0.6 is 0 Å². The van der Waals surface area contributed by atoms with Gasteiger partial charge in [-0.2, -0.15) is 0 Å². The zero-order valence-corrected chi connectivity index (χ0v) is 11.7. The van der Waals surface area contributed by atoms with E-state index in [1.165, 1.54) is 13.3 Å². The lowest BCUT2D eigenvalue weighted by Crippen LogP contribution is -2.39. The van der Waals surface area contributed by atoms with Crippen molar-refractivity contribution >= 4 is 17.5 Å². The fourth-order valence-electron chi connectivity index (χ4n) is 2.61. The molecule has 1 aliphatic heterocycles. The monoisotopic (exact) mass is 279 g/mol. The highest BCUT2D eigenvalue weighted by atomic mass is 16.5. The third kappa shape index (κ3) is 3.01. The van der Waals surface area contributed by atoms with Crippen molar-refractivity contribution in [2.24, 2.45) is 0 Å². The Morgan fingerprint density at radius 2 is 2.35 bits per heavy atom. The molecule has 3 N–H and O–H groups in total. The maximum atomic E-state index is 11.9. The number of esters is 1. The summed E-state index contributed by atoms with van der Waals surface area (Å²) in [5.41, 5.74) is 6.48. The van der Waals surface area contributed by atoms with Crippen LogP contribution in [0.5, 0.6) is 0 Å². The molecule has 1 aromatic heterocycles. The standard InChI is InChI=1S/C14H21N3O3/c1-20-14(19)12-7-10(15)8-16-13(12)17-6-4-2-3-5-11(17)9-18/h7-8,11,18H,2-6,9,15H2,1H3. The van der Waals surface area contributed by atoms with Gasteiger partial charge in [0.15, 0.2) is 0 Å². The summed E-state index contributed by atoms with van der Waals surface area (Å²) in [7, 11) is 1.33. The first-order valence-electron chi connectivity index (χ1n) is 6.88. The highest BCUT2D eigenvalue weighted by molar-refractivity contribution is 5.95. The lowest BCUT2D eigenvalue weighted by Gasteiger charge is -2.30. The summed E-state index contributed by atoms with van der Waals surface area (Å²) in [4.78, 5) is 18.2. The number of aliphatic hydroxyl groups is 1. The average Bonchev–Trinajstić information content (AvgIpc) is 2.71. The second-order valence-corrected chi connectivity index (χ2v) is 5.01. The van der Waals surface area contributed by atoms with Crippen molar-refractivity contribution in [3.63, 3.8) is 0 Å². The number of nitrogen functional groups attached to an aromatic ring is 1. The molecule has 0 amide bonds. The van der Waals surface area contributed by atoms with E-state index in [9.17, 15) is 9.90 Å². The van der Waals surface area contributed by atoms with Crippen molar-refractivity contribution in [3.8, 4) is 0 Å². The van der Waals surface area contributed by atoms with Crippen molar-refractivity contribution in [1.29, 1.82) is 0 Å². The van der Waals surface area contributed by atoms with Gasteiger partial charge in [0.2, 0.25) is 0 Å². The van der Waals surface area contributed by atoms with Gasteiger partial charge in [-0.15, -0.1) is 0 Å². The fraction of sp³-hybridized carbons (Fsp3) is 0.571. The van der Waals surface area contributed by atoms with Crippen LogP contribution in [0.3, 0.4) is 0 Å². The van der Waals surface area contributed by atoms with Crippen LogP contribution in [0.2, 0.25) is 0 Å². The molecule has 1 saturated heterocycles. The molecule has 1 atom stereocenters. The molecule has 2 rings (SSSR count). The largest absolute Gasteiger partial charge is 0.465 e. The topological polar surface area (TPSA) is 88.7 Å². The summed E-state index contributed by atoms with van der Waals surface area (Å²) in [5, 5.41) is 9.58. The van der Waals surface area contributed by atoms with Crippen LogP contribution in [0.1, 0.15) is 36.0 Å². The van der Waals surface area contributed by atoms with Crippen LogP contribution in [-0.4, -0.2) is 42.4 Å². The van der Waals surface area contributed by atoms with E-state index >= 15 is 0 Å². The van der Waals surface area contributed by atoms with E-state index in [0.29, 0.717) is 17.1 Å². The first-order valence-corrected chi connectivity index (χ1v) is 6.88. The summed E-state index contributed by atoms with van der Waals surface area (Å²) < 4.78 is 4.80. The van der Waals surface area contributed by atoms with E-state index in [-0.39, 0.29) is 12.6 Å². The Hall–Kier alpha value is -1.82. The molecule has 0 radical (unpaired) electrons. The number of anilines is 2. The highest BCUT2D eigenvalue weighted by Gasteiger charge is 2.26. The highest BCUT2D eigenvalue weighted by Crippen LogP contribution is 2.27. The molecule has 20 heavy (non-hydrogen) atoms. The third-order valence-corrected chi connectivity index (χ3v) is 3.65. The Bertz CT molecular complexity index is 479. The molecule has 1 aliphatic rings. The number of aromatic nitrogens is 1. The van der Waals surface area contributed by atoms with Gasteiger partial charge in [-0.1, -0.05) is 12.8 Å². The number of nitrogens with two attached hydrogens (primary N) is 1. The van der Waals surface area contributed by atoms with Crippen molar-refractivity contribution < 1.29 is 14.6 Å². The molecular weight excluding hydrogens is 258 g/mol. The molecule has 0 saturated carbocycles. The number of hydrogen-bond donors (Lipinski definition) is 2. The zero-order valence-electron chi connectivity index (χ0n) is 11.7. The molecule has 0 bridgehead atoms. The molecule has 110 valence electrons. The first-order chi connectivity index (χ1) is 9.67. The summed E-state index contributed by atoms with van der Waals surface area (Å²) >= 11 is 0. The maximum absolute atomic E-state index is 11.9. The van der Waals surface area contributed by atoms with Gasteiger partial charge < -0.3 is 20.5 Å². The number of carbonyl (C=O) groups excluding carboxylic acids is 1. The zero-order chi connectivity index (χ0) is 14.5. The number of rotatable bonds is 3. The van der Waals surface area contributed by atoms with E-state index in [0.717, 1.165) is 32.2 Å². The van der Waals surface area contributed by atoms with Crippen molar-refractivity contribution in [3.05, 3.63) is 17.8 Å². The second-order valence-electron chi connectivity index (χ2n) is 5.01. The van der Waals surface area contributed by atoms with Crippen LogP contribution in [0.15, 0.2) is 12.3 Å². The van der Waals surface area contributed by atoms with Crippen molar-refractivity contribution in [2.75, 3.05) is 30.9 Å². The molecule has 1 aromatic rings. The van der Waals surface area contributed by atoms with Crippen LogP contribution in [0.4, 0.5) is 11.5 Å². The van der Waals surface area contributed by atoms with Crippen molar-refractivity contribution in [1.82, 2.24) is 4.98 Å². The van der Waals surface area contributed by atoms with E-state index < -0.39 is 5.97 Å². The smallest absolute Gasteiger partial charge is 0.341 e. The molecule has 0 aromatic carbocycles. The molecule has 0 aliphatic carbocycles. The quantitative estimate of drug-likeness (QED) is 0.808. The molecule has 1 fully saturated rings. The predicted octanol–water partition coefficient (Wildman–Crippen LogP) is 1.19. The SMILES string of the molecule is COC(=O)c1cc(N)cnc1N1CCCCCC1CO. The van der Waals surface area contributed by atoms with Crippen LogP contribution < -0.4 is 10.6 Å². The van der Waals surface area contributed by atoms with Gasteiger partial charge in [-0.25, -0.2) is 9.78 Å². The van der Waals surface area contributed by atoms with Gasteiger partial charge in [0, 0.05) is 6.54 Å². The summed E-state index contributed by atoms with van der Waals surface area (Å²) in [5.74, 6) is 0.0905. The van der Waals surface area contributed by atoms with Gasteiger partial charge >= 0.3 is 5.97 Å². The van der Waals surface area contributed by atoms with Gasteiger partial charge in [0.05, 0.1) is 31.6 Å². The summed E-state index contributed by atoms with van der Waals surface area (Å²) in [6, 6.07) is 1.56. The Labute approximate surface area is 118 Å². The van der Waals surface area contributed by atoms with E-state index in [1.54, 1.807) is 6.07 Å². The Balaban J connectivity index is 2.40. The molecule has 1 unspecified atom stereocenters. The summed E-state index contributed by atoms with van der Waals surface area (Å²) in [6.45, 7) is 0.818. The van der Waals surface area contributed by atoms with Gasteiger partial charge in [-0.3, -0.25) is 0 Å². The lowest BCUT2D eigenvalue weighted by atomic mass is 10.1. The third-order valence-electron chi connectivity index (χ3n) is 3.65. The van der Waals surface area contributed by atoms with Crippen LogP contribution in [0, 0.1) is 0 Å². The number of aliphatic hydroxyl groups excluding tert-OH is 1. The number of nitrogens with zero attached hydrogens (tertiary/aromatic N) is 2. The Morgan fingerprint density at radius 1 is 1.55 bits per heavy atom. The number of hydrogen-bond acceptors (Lipinski definition) is 6. The molecule has 6 heteroatoms. The predicted molar refractivity (Wildman–Crippen MR) is 76.7 cm³/mol. The normalized spacial score (nSPS) is 19.5. The van der Waals surface area contributed by atoms with Crippen molar-refractivity contribution in [2.45, 2.75) is 31.7 Å². The Kier molecular flexibility index (Phi) is 4.79. The van der Waals surface area contributed by atoms with E-state index in [4.69, 9.17) is 10.5 Å². The van der Waals surface area contributed by atoms with E-state index in [1.807, 2.05) is 4.90 Å². The fourth-order valence-corrected chi connectivity index (χ4v) is 2.61. The van der Waals surface area contributed by atoms with Gasteiger partial charge in [-0.05, 0) is 18.9 Å². The molecule has 2 heterocycles. The van der Waals surface area contributed by atoms with Gasteiger partial charge in [0.25, 0.3) is 0 Å². The van der Waals surface area contributed by atoms with E-state index in [2.05, 4.69) is 4.98 Å². The number of ether oxygens (including phenoxy) is 1. The number of pyridine rings is 1. The maximum Gasteiger partial charge on any atom is 0.341 e. The van der Waals surface area contributed by atoms with Gasteiger partial charge in [0.1, 0.15) is 11.4 Å². The summed E-state index contributed by atoms with van der Waals surface area (Å²) in [6.07, 6.45) is 5.63. The minimum Gasteiger partial charge on any atom is -0.465 e. The second kappa shape index (κ2) is 6.56. The minimum absolute atomic E-state index is 0.0166. The number of methoxy groups -OCH3 is 1. The molecule has 6 nitrogen and oxygen atoms in total. The lowest BCUT2D eigenvalue weighted by molar-refractivity contribution is 0.0600. The van der Waals surface area contributed by atoms with Crippen LogP contribution in [0.25, 0.3) is 0 Å². The molecule has 0 spiro atoms. The average molecular weight is 279 g/mol.